The number of nitrogens with two attached hydrogens (primary N) is 1. The molecule has 1 saturated heterocycles. The number of imide groups is 1. The molecule has 1 fully saturated rings. The monoisotopic (exact) mass is 256 g/mol. The van der Waals surface area contributed by atoms with E-state index in [9.17, 15) is 9.59 Å². The summed E-state index contributed by atoms with van der Waals surface area (Å²) >= 11 is 0. The van der Waals surface area contributed by atoms with Gasteiger partial charge in [0.15, 0.2) is 0 Å². The van der Waals surface area contributed by atoms with Crippen molar-refractivity contribution in [2.75, 3.05) is 17.2 Å². The lowest BCUT2D eigenvalue weighted by Crippen LogP contribution is -2.49. The second kappa shape index (κ2) is 4.24. The van der Waals surface area contributed by atoms with E-state index in [0.717, 1.165) is 10.8 Å². The molecule has 1 aliphatic heterocycles. The predicted octanol–water partition coefficient (Wildman–Crippen LogP) is 1.26. The van der Waals surface area contributed by atoms with Crippen LogP contribution in [0, 0.1) is 0 Å². The summed E-state index contributed by atoms with van der Waals surface area (Å²) < 4.78 is 0. The number of rotatable bonds is 1. The van der Waals surface area contributed by atoms with Crippen molar-refractivity contribution < 1.29 is 9.59 Å². The highest BCUT2D eigenvalue weighted by Crippen LogP contribution is 2.22. The van der Waals surface area contributed by atoms with E-state index in [1.54, 1.807) is 18.3 Å². The van der Waals surface area contributed by atoms with Crippen LogP contribution in [0.25, 0.3) is 10.8 Å². The molecule has 3 amide bonds. The maximum Gasteiger partial charge on any atom is 0.329 e. The number of nitrogen functional groups attached to an aromatic ring is 1. The number of anilines is 2. The number of hydrogen-bond donors (Lipinski definition) is 2. The zero-order valence-electron chi connectivity index (χ0n) is 10.1. The highest BCUT2D eigenvalue weighted by Gasteiger charge is 2.25. The Morgan fingerprint density at radius 2 is 2.05 bits per heavy atom. The number of fused-ring (bicyclic) bond motifs is 1. The third-order valence-electron chi connectivity index (χ3n) is 3.06. The summed E-state index contributed by atoms with van der Waals surface area (Å²) in [6.45, 7) is 0.339. The van der Waals surface area contributed by atoms with Crippen LogP contribution in [-0.4, -0.2) is 23.5 Å². The minimum Gasteiger partial charge on any atom is -0.399 e. The first-order valence-corrected chi connectivity index (χ1v) is 5.90. The number of pyridine rings is 1. The number of amides is 3. The maximum absolute atomic E-state index is 11.7. The number of aromatic nitrogens is 1. The molecule has 0 aliphatic carbocycles. The average Bonchev–Trinajstić information content (AvgIpc) is 2.38. The van der Waals surface area contributed by atoms with Gasteiger partial charge in [0.05, 0.1) is 0 Å². The summed E-state index contributed by atoms with van der Waals surface area (Å²) in [6.07, 6.45) is 1.97. The van der Waals surface area contributed by atoms with Gasteiger partial charge in [-0.05, 0) is 23.6 Å². The van der Waals surface area contributed by atoms with Crippen LogP contribution in [0.4, 0.5) is 16.3 Å². The van der Waals surface area contributed by atoms with Crippen molar-refractivity contribution >= 4 is 34.2 Å². The largest absolute Gasteiger partial charge is 0.399 e. The summed E-state index contributed by atoms with van der Waals surface area (Å²) in [7, 11) is 0. The van der Waals surface area contributed by atoms with Crippen LogP contribution in [0.2, 0.25) is 0 Å². The fourth-order valence-electron chi connectivity index (χ4n) is 2.08. The van der Waals surface area contributed by atoms with E-state index < -0.39 is 6.03 Å². The standard InChI is InChI=1S/C13H12N4O2/c14-10-2-1-8-7-15-11(6-9(8)5-10)17-4-3-12(18)16-13(17)19/h1-2,5-7H,3-4,14H2,(H,16,18,19). The van der Waals surface area contributed by atoms with Crippen LogP contribution in [0.1, 0.15) is 6.42 Å². The maximum atomic E-state index is 11.7. The van der Waals surface area contributed by atoms with E-state index in [1.165, 1.54) is 4.90 Å². The minimum absolute atomic E-state index is 0.258. The average molecular weight is 256 g/mol. The van der Waals surface area contributed by atoms with Gasteiger partial charge in [-0.15, -0.1) is 0 Å². The molecule has 0 bridgehead atoms. The summed E-state index contributed by atoms with van der Waals surface area (Å²) in [4.78, 5) is 28.5. The zero-order chi connectivity index (χ0) is 13.4. The molecule has 0 spiro atoms. The Labute approximate surface area is 109 Å². The van der Waals surface area contributed by atoms with E-state index in [0.29, 0.717) is 18.1 Å². The Kier molecular flexibility index (Phi) is 2.56. The first-order chi connectivity index (χ1) is 9.13. The fourth-order valence-corrected chi connectivity index (χ4v) is 2.08. The van der Waals surface area contributed by atoms with Gasteiger partial charge in [0.1, 0.15) is 5.82 Å². The SMILES string of the molecule is Nc1ccc2cnc(N3CCC(=O)NC3=O)cc2c1. The van der Waals surface area contributed by atoms with Crippen molar-refractivity contribution in [1.82, 2.24) is 10.3 Å². The number of urea groups is 1. The highest BCUT2D eigenvalue weighted by molar-refractivity contribution is 6.05. The molecule has 0 atom stereocenters. The van der Waals surface area contributed by atoms with Crippen LogP contribution >= 0.6 is 0 Å². The van der Waals surface area contributed by atoms with Crippen LogP contribution in [0.3, 0.4) is 0 Å². The van der Waals surface area contributed by atoms with E-state index >= 15 is 0 Å². The molecule has 3 rings (SSSR count). The Morgan fingerprint density at radius 1 is 1.21 bits per heavy atom. The lowest BCUT2D eigenvalue weighted by atomic mass is 10.1. The van der Waals surface area contributed by atoms with Gasteiger partial charge in [-0.2, -0.15) is 0 Å². The van der Waals surface area contributed by atoms with Crippen molar-refractivity contribution in [1.29, 1.82) is 0 Å². The van der Waals surface area contributed by atoms with E-state index in [1.807, 2.05) is 12.1 Å². The van der Waals surface area contributed by atoms with Gasteiger partial charge in [-0.1, -0.05) is 6.07 Å². The van der Waals surface area contributed by atoms with Crippen molar-refractivity contribution in [3.63, 3.8) is 0 Å². The molecule has 0 unspecified atom stereocenters. The van der Waals surface area contributed by atoms with Crippen molar-refractivity contribution in [3.8, 4) is 0 Å². The first kappa shape index (κ1) is 11.5. The molecular formula is C13H12N4O2. The molecular weight excluding hydrogens is 244 g/mol. The molecule has 96 valence electrons. The Morgan fingerprint density at radius 3 is 2.84 bits per heavy atom. The smallest absolute Gasteiger partial charge is 0.329 e. The van der Waals surface area contributed by atoms with Crippen LogP contribution in [0.5, 0.6) is 0 Å². The van der Waals surface area contributed by atoms with Crippen molar-refractivity contribution in [3.05, 3.63) is 30.5 Å². The van der Waals surface area contributed by atoms with Gasteiger partial charge in [0.25, 0.3) is 0 Å². The van der Waals surface area contributed by atoms with Crippen LogP contribution < -0.4 is 16.0 Å². The van der Waals surface area contributed by atoms with Gasteiger partial charge >= 0.3 is 6.03 Å². The molecule has 1 aromatic carbocycles. The number of hydrogen-bond acceptors (Lipinski definition) is 4. The minimum atomic E-state index is -0.438. The summed E-state index contributed by atoms with van der Waals surface area (Å²) in [5.41, 5.74) is 6.40. The summed E-state index contributed by atoms with van der Waals surface area (Å²) in [6, 6.07) is 6.86. The van der Waals surface area contributed by atoms with Crippen LogP contribution in [0.15, 0.2) is 30.5 Å². The Hall–Kier alpha value is -2.63. The van der Waals surface area contributed by atoms with E-state index in [2.05, 4.69) is 10.3 Å². The van der Waals surface area contributed by atoms with Gasteiger partial charge in [0.2, 0.25) is 5.91 Å². The predicted molar refractivity (Wildman–Crippen MR) is 71.7 cm³/mol. The molecule has 2 heterocycles. The molecule has 1 aromatic heterocycles. The quantitative estimate of drug-likeness (QED) is 0.752. The number of carbonyl (C=O) groups excluding carboxylic acids is 2. The molecule has 0 saturated carbocycles. The number of benzene rings is 1. The van der Waals surface area contributed by atoms with Gasteiger partial charge in [-0.3, -0.25) is 15.0 Å². The molecule has 0 radical (unpaired) electrons. The normalized spacial score (nSPS) is 15.7. The van der Waals surface area contributed by atoms with Crippen molar-refractivity contribution in [2.24, 2.45) is 0 Å². The second-order valence-electron chi connectivity index (χ2n) is 4.40. The molecule has 6 nitrogen and oxygen atoms in total. The second-order valence-corrected chi connectivity index (χ2v) is 4.40. The zero-order valence-corrected chi connectivity index (χ0v) is 10.1. The number of carbonyl (C=O) groups is 2. The summed E-state index contributed by atoms with van der Waals surface area (Å²) in [5, 5.41) is 4.13. The summed E-state index contributed by atoms with van der Waals surface area (Å²) in [5.74, 6) is 0.259. The lowest BCUT2D eigenvalue weighted by Gasteiger charge is -2.25. The molecule has 2 aromatic rings. The molecule has 6 heteroatoms. The van der Waals surface area contributed by atoms with Crippen molar-refractivity contribution in [2.45, 2.75) is 6.42 Å². The molecule has 3 N–H and O–H groups in total. The van der Waals surface area contributed by atoms with E-state index in [-0.39, 0.29) is 12.3 Å². The Balaban J connectivity index is 2.01. The van der Waals surface area contributed by atoms with Crippen LogP contribution in [-0.2, 0) is 4.79 Å². The third kappa shape index (κ3) is 2.08. The number of nitrogens with one attached hydrogen (secondary N) is 1. The van der Waals surface area contributed by atoms with Gasteiger partial charge < -0.3 is 5.73 Å². The van der Waals surface area contributed by atoms with Gasteiger partial charge in [-0.25, -0.2) is 9.78 Å². The molecule has 1 aliphatic rings. The Bertz CT molecular complexity index is 683. The number of nitrogens with zero attached hydrogens (tertiary/aromatic N) is 2. The topological polar surface area (TPSA) is 88.3 Å². The first-order valence-electron chi connectivity index (χ1n) is 5.90. The highest BCUT2D eigenvalue weighted by atomic mass is 16.2. The molecule has 19 heavy (non-hydrogen) atoms. The third-order valence-corrected chi connectivity index (χ3v) is 3.06. The lowest BCUT2D eigenvalue weighted by molar-refractivity contribution is -0.120. The van der Waals surface area contributed by atoms with E-state index in [4.69, 9.17) is 5.73 Å². The van der Waals surface area contributed by atoms with Gasteiger partial charge in [0, 0.05) is 30.2 Å². The fraction of sp³-hybridized carbons (Fsp3) is 0.154.